The van der Waals surface area contributed by atoms with Gasteiger partial charge in [-0.15, -0.1) is 0 Å². The van der Waals surface area contributed by atoms with Gasteiger partial charge in [0, 0.05) is 10.6 Å². The molecule has 0 saturated carbocycles. The van der Waals surface area contributed by atoms with Gasteiger partial charge in [0.2, 0.25) is 0 Å². The van der Waals surface area contributed by atoms with E-state index in [1.807, 2.05) is 0 Å². The number of aliphatic hydroxyl groups excluding tert-OH is 1. The monoisotopic (exact) mass is 566 g/mol. The normalized spacial score (nSPS) is 16.7. The van der Waals surface area contributed by atoms with Crippen LogP contribution in [0.1, 0.15) is 36.9 Å². The lowest BCUT2D eigenvalue weighted by Gasteiger charge is -2.24. The first-order valence-corrected chi connectivity index (χ1v) is 13.5. The maximum Gasteiger partial charge on any atom is 0.301 e. The third-order valence-electron chi connectivity index (χ3n) is 6.37. The Bertz CT molecular complexity index is 1600. The molecule has 5 rings (SSSR count). The highest BCUT2D eigenvalue weighted by atomic mass is 35.5. The summed E-state index contributed by atoms with van der Waals surface area (Å²) >= 11 is 7.35. The minimum atomic E-state index is -1.04. The van der Waals surface area contributed by atoms with Crippen LogP contribution in [0.25, 0.3) is 16.0 Å². The van der Waals surface area contributed by atoms with E-state index in [2.05, 4.69) is 11.9 Å². The topological polar surface area (TPSA) is 89.0 Å². The Morgan fingerprint density at radius 3 is 2.59 bits per heavy atom. The lowest BCUT2D eigenvalue weighted by Crippen LogP contribution is -2.29. The van der Waals surface area contributed by atoms with E-state index in [-0.39, 0.29) is 16.3 Å². The highest BCUT2D eigenvalue weighted by Gasteiger charge is 2.48. The number of aliphatic hydroxyl groups is 1. The van der Waals surface area contributed by atoms with Gasteiger partial charge in [-0.1, -0.05) is 42.3 Å². The number of benzene rings is 3. The number of nitrogens with zero attached hydrogens (tertiary/aromatic N) is 2. The minimum absolute atomic E-state index is 0.148. The Labute approximate surface area is 233 Å². The molecule has 3 aromatic carbocycles. The van der Waals surface area contributed by atoms with E-state index in [1.165, 1.54) is 47.6 Å². The number of hydrogen-bond acceptors (Lipinski definition) is 7. The molecule has 4 aromatic rings. The van der Waals surface area contributed by atoms with Gasteiger partial charge in [0.25, 0.3) is 5.78 Å². The second-order valence-electron chi connectivity index (χ2n) is 8.90. The number of thiazole rings is 1. The smallest absolute Gasteiger partial charge is 0.301 e. The molecule has 200 valence electrons. The summed E-state index contributed by atoms with van der Waals surface area (Å²) in [6, 6.07) is 14.2. The molecule has 0 bridgehead atoms. The molecular weight excluding hydrogens is 543 g/mol. The molecule has 1 aliphatic rings. The number of unbranched alkanes of at least 4 members (excludes halogenated alkanes) is 1. The van der Waals surface area contributed by atoms with E-state index in [4.69, 9.17) is 21.1 Å². The maximum absolute atomic E-state index is 13.6. The van der Waals surface area contributed by atoms with Crippen LogP contribution in [0.4, 0.5) is 9.52 Å². The third kappa shape index (κ3) is 5.07. The van der Waals surface area contributed by atoms with E-state index in [9.17, 15) is 19.1 Å². The van der Waals surface area contributed by atoms with Crippen molar-refractivity contribution in [3.63, 3.8) is 0 Å². The summed E-state index contributed by atoms with van der Waals surface area (Å²) in [4.78, 5) is 32.8. The lowest BCUT2D eigenvalue weighted by molar-refractivity contribution is -0.132. The number of anilines is 1. The first kappa shape index (κ1) is 26.6. The molecule has 1 atom stereocenters. The number of amides is 1. The van der Waals surface area contributed by atoms with Crippen molar-refractivity contribution in [3.8, 4) is 11.5 Å². The van der Waals surface area contributed by atoms with Crippen molar-refractivity contribution in [2.24, 2.45) is 0 Å². The molecule has 1 saturated heterocycles. The summed E-state index contributed by atoms with van der Waals surface area (Å²) in [6.45, 7) is 2.56. The zero-order chi connectivity index (χ0) is 27.7. The van der Waals surface area contributed by atoms with Crippen molar-refractivity contribution in [1.82, 2.24) is 4.98 Å². The standard InChI is InChI=1S/C29H24ClFN2O5S/c1-3-4-13-38-21-12-7-17(14-22(21)37-2)25-24(26(34)16-5-9-19(31)10-6-16)27(35)28(36)33(25)29-32-20-11-8-18(30)15-23(20)39-29/h5-12,14-15,25,34H,3-4,13H2,1-2H3/b26-24+. The molecule has 7 nitrogen and oxygen atoms in total. The lowest BCUT2D eigenvalue weighted by atomic mass is 9.95. The zero-order valence-corrected chi connectivity index (χ0v) is 22.7. The number of methoxy groups -OCH3 is 1. The van der Waals surface area contributed by atoms with E-state index in [1.54, 1.807) is 36.4 Å². The fourth-order valence-electron chi connectivity index (χ4n) is 4.40. The number of halogens is 2. The summed E-state index contributed by atoms with van der Waals surface area (Å²) in [5, 5.41) is 12.0. The summed E-state index contributed by atoms with van der Waals surface area (Å²) < 4.78 is 25.7. The molecule has 1 fully saturated rings. The first-order chi connectivity index (χ1) is 18.8. The molecule has 0 aliphatic carbocycles. The van der Waals surface area contributed by atoms with Gasteiger partial charge >= 0.3 is 5.91 Å². The number of hydrogen-bond donors (Lipinski definition) is 1. The molecule has 1 unspecified atom stereocenters. The minimum Gasteiger partial charge on any atom is -0.507 e. The highest BCUT2D eigenvalue weighted by Crippen LogP contribution is 2.46. The number of aromatic nitrogens is 1. The van der Waals surface area contributed by atoms with Crippen LogP contribution in [-0.2, 0) is 9.59 Å². The maximum atomic E-state index is 13.6. The van der Waals surface area contributed by atoms with Crippen LogP contribution in [0.15, 0.2) is 66.2 Å². The number of fused-ring (bicyclic) bond motifs is 1. The van der Waals surface area contributed by atoms with Gasteiger partial charge in [-0.25, -0.2) is 9.37 Å². The summed E-state index contributed by atoms with van der Waals surface area (Å²) in [7, 11) is 1.50. The van der Waals surface area contributed by atoms with E-state index in [0.717, 1.165) is 17.5 Å². The summed E-state index contributed by atoms with van der Waals surface area (Å²) in [6.07, 6.45) is 1.83. The number of ketones is 1. The van der Waals surface area contributed by atoms with Crippen molar-refractivity contribution >= 4 is 55.7 Å². The van der Waals surface area contributed by atoms with Crippen LogP contribution in [0.3, 0.4) is 0 Å². The summed E-state index contributed by atoms with van der Waals surface area (Å²) in [5.41, 5.74) is 1.15. The fraction of sp³-hybridized carbons (Fsp3) is 0.207. The Morgan fingerprint density at radius 2 is 1.87 bits per heavy atom. The number of ether oxygens (including phenoxy) is 2. The van der Waals surface area contributed by atoms with Crippen molar-refractivity contribution in [2.75, 3.05) is 18.6 Å². The van der Waals surface area contributed by atoms with Crippen molar-refractivity contribution < 1.29 is 28.6 Å². The van der Waals surface area contributed by atoms with Crippen LogP contribution in [-0.4, -0.2) is 35.5 Å². The van der Waals surface area contributed by atoms with Gasteiger partial charge in [-0.2, -0.15) is 0 Å². The molecule has 1 aromatic heterocycles. The van der Waals surface area contributed by atoms with Crippen LogP contribution in [0.5, 0.6) is 11.5 Å². The molecule has 39 heavy (non-hydrogen) atoms. The van der Waals surface area contributed by atoms with Crippen LogP contribution >= 0.6 is 22.9 Å². The predicted molar refractivity (Wildman–Crippen MR) is 149 cm³/mol. The molecule has 0 radical (unpaired) electrons. The Morgan fingerprint density at radius 1 is 1.10 bits per heavy atom. The number of rotatable bonds is 8. The Balaban J connectivity index is 1.68. The molecule has 1 aliphatic heterocycles. The first-order valence-electron chi connectivity index (χ1n) is 12.3. The fourth-order valence-corrected chi connectivity index (χ4v) is 5.67. The van der Waals surface area contributed by atoms with E-state index < -0.39 is 29.3 Å². The van der Waals surface area contributed by atoms with E-state index >= 15 is 0 Å². The molecule has 0 spiro atoms. The predicted octanol–water partition coefficient (Wildman–Crippen LogP) is 6.90. The number of carbonyl (C=O) groups excluding carboxylic acids is 2. The van der Waals surface area contributed by atoms with Gasteiger partial charge in [0.1, 0.15) is 11.6 Å². The average Bonchev–Trinajstić information content (AvgIpc) is 3.46. The van der Waals surface area contributed by atoms with Gasteiger partial charge in [-0.05, 0) is 66.6 Å². The largest absolute Gasteiger partial charge is 0.507 e. The molecule has 10 heteroatoms. The Kier molecular flexibility index (Phi) is 7.54. The third-order valence-corrected chi connectivity index (χ3v) is 7.62. The second kappa shape index (κ2) is 11.0. The van der Waals surface area contributed by atoms with E-state index in [0.29, 0.717) is 34.2 Å². The molecule has 1 amide bonds. The molecular formula is C29H24ClFN2O5S. The van der Waals surface area contributed by atoms with Gasteiger partial charge in [0.15, 0.2) is 16.6 Å². The average molecular weight is 567 g/mol. The SMILES string of the molecule is CCCCOc1ccc(C2/C(=C(\O)c3ccc(F)cc3)C(=O)C(=O)N2c2nc3ccc(Cl)cc3s2)cc1OC. The van der Waals surface area contributed by atoms with Gasteiger partial charge < -0.3 is 14.6 Å². The summed E-state index contributed by atoms with van der Waals surface area (Å²) in [5.74, 6) is -1.74. The number of carbonyl (C=O) groups is 2. The van der Waals surface area contributed by atoms with Crippen LogP contribution in [0.2, 0.25) is 5.02 Å². The second-order valence-corrected chi connectivity index (χ2v) is 10.3. The van der Waals surface area contributed by atoms with Crippen LogP contribution in [0, 0.1) is 5.82 Å². The van der Waals surface area contributed by atoms with Crippen LogP contribution < -0.4 is 14.4 Å². The molecule has 1 N–H and O–H groups in total. The quantitative estimate of drug-likeness (QED) is 0.108. The zero-order valence-electron chi connectivity index (χ0n) is 21.1. The number of Topliss-reactive ketones (excluding diaryl/α,β-unsaturated/α-hetero) is 1. The Hall–Kier alpha value is -3.95. The molecule has 2 heterocycles. The van der Waals surface area contributed by atoms with Crippen molar-refractivity contribution in [2.45, 2.75) is 25.8 Å². The van der Waals surface area contributed by atoms with Crippen molar-refractivity contribution in [1.29, 1.82) is 0 Å². The van der Waals surface area contributed by atoms with Gasteiger partial charge in [0.05, 0.1) is 35.5 Å². The van der Waals surface area contributed by atoms with Crippen molar-refractivity contribution in [3.05, 3.63) is 88.2 Å². The van der Waals surface area contributed by atoms with Gasteiger partial charge in [-0.3, -0.25) is 14.5 Å². The highest BCUT2D eigenvalue weighted by molar-refractivity contribution is 7.22.